The number of halogens is 7. The zero-order valence-electron chi connectivity index (χ0n) is 83.9. The molecule has 146 heavy (non-hydrogen) atoms. The van der Waals surface area contributed by atoms with Gasteiger partial charge in [0, 0.05) is 64.7 Å². The van der Waals surface area contributed by atoms with Crippen LogP contribution in [0, 0.1) is 118 Å². The molecule has 4 bridgehead atoms. The normalized spacial score (nSPS) is 17.2. The van der Waals surface area contributed by atoms with Crippen LogP contribution in [0.15, 0.2) is 110 Å². The molecule has 0 spiro atoms. The summed E-state index contributed by atoms with van der Waals surface area (Å²) in [5.74, 6) is 0.0107. The van der Waals surface area contributed by atoms with Crippen LogP contribution in [0.2, 0.25) is 20.1 Å². The van der Waals surface area contributed by atoms with Gasteiger partial charge in [-0.05, 0) is 256 Å². The van der Waals surface area contributed by atoms with Crippen molar-refractivity contribution in [1.82, 2.24) is 9.97 Å². The summed E-state index contributed by atoms with van der Waals surface area (Å²) in [5, 5.41) is 47.6. The standard InChI is InChI=1S/C25H31N3O2.C16H20ClNO4.C16H22ClNO2.C16H20FNO4.C16H22FNO2.C10H10ClNO4.C9H7ClFNO4/c1-2-30-25(29)19-4-3-18(24(13-19)27-14-22-5-6-26-15-28-22)12-23-20-8-16-7-17(10-20)11-21(23)9-16;1-2-22-16(19)13-10-15(18(20)21)12(9-14(13)17)8-11-6-4-3-5-7-11;1-2-20-16(19)13-10-15(18)12(9-14(13)17)8-11-6-4-3-5-7-11;1-2-22-16(19)13-10-15(18(20)21)12(9-14(13)17)8-11-6-4-3-5-7-11;1-2-20-16(19)13-10-15(18)12(9-14(13)17)8-11-6-4-3-5-7-11;1-3-16-10(13)7-5-9(12(14)15)8(11)4-6(7)2;1-2-16-9(13)5-3-8(12(14)15)7(11)4-6(5)10/h3-6,13,15-17,20-21,23,27H,2,7-12,14H2,1H3;9-11H,2-8H2,1H3;9-11H,2-8,18H2,1H3;9-11H,2-8H2,1H3;9-11H,2-8,18H2,1H3;4-5H,3H2,1-2H3;3-4H,2H2,1H3. The van der Waals surface area contributed by atoms with E-state index < -0.39 is 78.6 Å². The van der Waals surface area contributed by atoms with E-state index in [2.05, 4.69) is 26.1 Å². The summed E-state index contributed by atoms with van der Waals surface area (Å²) < 4.78 is 75.2. The molecule has 8 saturated carbocycles. The third-order valence-electron chi connectivity index (χ3n) is 27.4. The Morgan fingerprint density at radius 2 is 0.712 bits per heavy atom. The maximum absolute atomic E-state index is 14.1. The summed E-state index contributed by atoms with van der Waals surface area (Å²) in [6.45, 7) is 15.6. The molecule has 8 fully saturated rings. The summed E-state index contributed by atoms with van der Waals surface area (Å²) in [4.78, 5) is 131. The van der Waals surface area contributed by atoms with Gasteiger partial charge in [0.2, 0.25) is 5.82 Å². The smallest absolute Gasteiger partial charge is 0.341 e. The molecule has 8 aliphatic rings. The Bertz CT molecular complexity index is 5540. The van der Waals surface area contributed by atoms with Gasteiger partial charge in [-0.3, -0.25) is 40.5 Å². The van der Waals surface area contributed by atoms with Crippen molar-refractivity contribution in [1.29, 1.82) is 0 Å². The first-order valence-corrected chi connectivity index (χ1v) is 51.9. The number of esters is 7. The van der Waals surface area contributed by atoms with Crippen LogP contribution in [0.25, 0.3) is 0 Å². The van der Waals surface area contributed by atoms with Gasteiger partial charge in [-0.15, -0.1) is 0 Å². The van der Waals surface area contributed by atoms with Crippen LogP contribution < -0.4 is 16.8 Å². The van der Waals surface area contributed by atoms with E-state index in [4.69, 9.17) is 86.3 Å². The molecule has 0 amide bonds. The van der Waals surface area contributed by atoms with E-state index in [1.54, 1.807) is 73.1 Å². The molecule has 790 valence electrons. The molecule has 1 heterocycles. The number of aryl methyl sites for hydroxylation is 1. The summed E-state index contributed by atoms with van der Waals surface area (Å²) in [7, 11) is 0. The van der Waals surface area contributed by atoms with E-state index in [9.17, 15) is 87.2 Å². The number of nitrogen functional groups attached to an aromatic ring is 2. The Balaban J connectivity index is 0.000000192. The van der Waals surface area contributed by atoms with Gasteiger partial charge in [0.25, 0.3) is 17.1 Å². The Labute approximate surface area is 868 Å². The van der Waals surface area contributed by atoms with Crippen molar-refractivity contribution in [3.8, 4) is 0 Å². The topological polar surface area (TPSA) is 447 Å². The second-order valence-corrected chi connectivity index (χ2v) is 39.1. The summed E-state index contributed by atoms with van der Waals surface area (Å²) >= 11 is 23.6. The number of carbonyl (C=O) groups is 7. The largest absolute Gasteiger partial charge is 0.462 e. The fourth-order valence-electron chi connectivity index (χ4n) is 20.5. The molecule has 0 unspecified atom stereocenters. The average Bonchev–Trinajstić information content (AvgIpc) is 0.754. The van der Waals surface area contributed by atoms with Crippen LogP contribution in [0.1, 0.15) is 321 Å². The number of nitrogens with zero attached hydrogens (tertiary/aromatic N) is 6. The number of nitro groups is 4. The number of nitrogens with one attached hydrogen (secondary N) is 1. The van der Waals surface area contributed by atoms with E-state index in [-0.39, 0.29) is 99.0 Å². The molecular weight excluding hydrogens is 1970 g/mol. The molecule has 0 atom stereocenters. The van der Waals surface area contributed by atoms with Crippen molar-refractivity contribution in [2.45, 2.75) is 255 Å². The first-order chi connectivity index (χ1) is 69.9. The first-order valence-electron chi connectivity index (χ1n) is 50.4. The Kier molecular flexibility index (Phi) is 47.5. The number of ether oxygens (including phenoxy) is 7. The molecule has 0 aliphatic heterocycles. The molecule has 38 heteroatoms. The highest BCUT2D eigenvalue weighted by atomic mass is 35.5. The van der Waals surface area contributed by atoms with Crippen molar-refractivity contribution in [3.05, 3.63) is 266 Å². The van der Waals surface area contributed by atoms with Gasteiger partial charge >= 0.3 is 47.5 Å². The van der Waals surface area contributed by atoms with Crippen LogP contribution in [0.5, 0.6) is 0 Å². The molecule has 0 saturated heterocycles. The lowest BCUT2D eigenvalue weighted by molar-refractivity contribution is -0.387. The first kappa shape index (κ1) is 117. The van der Waals surface area contributed by atoms with E-state index in [1.165, 1.54) is 152 Å². The predicted octanol–water partition coefficient (Wildman–Crippen LogP) is 26.7. The fraction of sp³-hybridized carbons (Fsp3) is 0.509. The second kappa shape index (κ2) is 59.0. The Morgan fingerprint density at radius 1 is 0.370 bits per heavy atom. The van der Waals surface area contributed by atoms with E-state index in [0.29, 0.717) is 107 Å². The number of rotatable bonds is 31. The number of nitrogens with two attached hydrogens (primary N) is 2. The molecule has 0 radical (unpaired) electrons. The lowest BCUT2D eigenvalue weighted by atomic mass is 9.51. The van der Waals surface area contributed by atoms with Crippen LogP contribution in [0.3, 0.4) is 0 Å². The molecule has 8 aliphatic carbocycles. The van der Waals surface area contributed by atoms with Gasteiger partial charge in [-0.25, -0.2) is 52.3 Å². The van der Waals surface area contributed by atoms with Crippen molar-refractivity contribution in [3.63, 3.8) is 0 Å². The number of anilines is 3. The van der Waals surface area contributed by atoms with Crippen LogP contribution in [0.4, 0.5) is 53.0 Å². The number of hydrogen-bond acceptors (Lipinski definition) is 27. The van der Waals surface area contributed by atoms with Gasteiger partial charge in [0.1, 0.15) is 28.5 Å². The monoisotopic (exact) mass is 2100 g/mol. The van der Waals surface area contributed by atoms with Crippen LogP contribution in [-0.2, 0) is 71.8 Å². The summed E-state index contributed by atoms with van der Waals surface area (Å²) in [6.07, 6.45) is 38.3. The molecule has 5 N–H and O–H groups in total. The highest BCUT2D eigenvalue weighted by Gasteiger charge is 2.48. The number of benzene rings is 7. The van der Waals surface area contributed by atoms with Gasteiger partial charge in [-0.1, -0.05) is 181 Å². The zero-order valence-corrected chi connectivity index (χ0v) is 86.9. The third-order valence-corrected chi connectivity index (χ3v) is 28.7. The minimum Gasteiger partial charge on any atom is -0.462 e. The van der Waals surface area contributed by atoms with E-state index >= 15 is 0 Å². The second-order valence-electron chi connectivity index (χ2n) is 37.5. The third kappa shape index (κ3) is 34.8. The fourth-order valence-corrected chi connectivity index (χ4v) is 21.6. The highest BCUT2D eigenvalue weighted by Crippen LogP contribution is 2.58. The zero-order chi connectivity index (χ0) is 106. The van der Waals surface area contributed by atoms with Crippen molar-refractivity contribution >= 4 is 128 Å². The van der Waals surface area contributed by atoms with Gasteiger partial charge in [0.15, 0.2) is 0 Å². The number of aromatic nitrogens is 2. The number of carbonyl (C=O) groups excluding carboxylic acids is 7. The van der Waals surface area contributed by atoms with Crippen LogP contribution in [-0.4, -0.2) is 118 Å². The van der Waals surface area contributed by atoms with E-state index in [1.807, 2.05) is 31.2 Å². The molecule has 7 aromatic carbocycles. The maximum Gasteiger partial charge on any atom is 0.341 e. The van der Waals surface area contributed by atoms with Gasteiger partial charge in [0.05, 0.1) is 127 Å². The van der Waals surface area contributed by atoms with Gasteiger partial charge in [-0.2, -0.15) is 4.39 Å². The molecule has 16 rings (SSSR count). The summed E-state index contributed by atoms with van der Waals surface area (Å²) in [6, 6.07) is 23.2. The SMILES string of the molecule is CCOC(=O)c1cc(N)c(CC2CCCCC2)cc1Cl.CCOC(=O)c1cc(N)c(CC2CCCCC2)cc1F.CCOC(=O)c1cc([N+](=O)[O-])c(CC2CCCCC2)cc1Cl.CCOC(=O)c1cc([N+](=O)[O-])c(CC2CCCCC2)cc1F.CCOC(=O)c1cc([N+](=O)[O-])c(Cl)cc1C.CCOC(=O)c1cc([N+](=O)[O-])c(F)cc1Cl.CCOC(=O)c1ccc(CC2C3CC4CC(C3)CC2C4)c(NCc2ccncn2)c1. The van der Waals surface area contributed by atoms with Gasteiger partial charge < -0.3 is 49.9 Å². The average molecular weight is 2110 g/mol. The molecule has 1 aromatic heterocycles. The summed E-state index contributed by atoms with van der Waals surface area (Å²) in [5.41, 5.74) is 19.0. The van der Waals surface area contributed by atoms with Crippen molar-refractivity contribution < 1.29 is 99.6 Å². The quantitative estimate of drug-likeness (QED) is 0.0119. The minimum absolute atomic E-state index is 0.00977. The minimum atomic E-state index is -1.09. The van der Waals surface area contributed by atoms with E-state index in [0.717, 1.165) is 134 Å². The molecule has 31 nitrogen and oxygen atoms in total. The number of hydrogen-bond donors (Lipinski definition) is 3. The van der Waals surface area contributed by atoms with Crippen LogP contribution >= 0.6 is 46.4 Å². The van der Waals surface area contributed by atoms with Crippen molar-refractivity contribution in [2.75, 3.05) is 63.0 Å². The van der Waals surface area contributed by atoms with Crippen molar-refractivity contribution in [2.24, 2.45) is 53.3 Å². The maximum atomic E-state index is 14.1. The molecular formula is C108H132Cl4F3N9O22. The predicted molar refractivity (Wildman–Crippen MR) is 552 cm³/mol. The number of nitro benzene ring substituents is 4. The highest BCUT2D eigenvalue weighted by molar-refractivity contribution is 6.35. The lowest BCUT2D eigenvalue weighted by Crippen LogP contribution is -2.45. The molecule has 8 aromatic rings. The Hall–Kier alpha value is -12.1. The lowest BCUT2D eigenvalue weighted by Gasteiger charge is -2.54. The Morgan fingerprint density at radius 3 is 1.13 bits per heavy atom.